The number of fused-ring (bicyclic) bond motifs is 1. The Morgan fingerprint density at radius 1 is 1.21 bits per heavy atom. The summed E-state index contributed by atoms with van der Waals surface area (Å²) in [6.45, 7) is 5.51. The van der Waals surface area contributed by atoms with Crippen LogP contribution in [0.25, 0.3) is 0 Å². The number of phenols is 1. The lowest BCUT2D eigenvalue weighted by Gasteiger charge is -2.33. The number of ether oxygens (including phenoxy) is 1. The van der Waals surface area contributed by atoms with Crippen LogP contribution in [-0.4, -0.2) is 69.1 Å². The fourth-order valence-electron chi connectivity index (χ4n) is 3.79. The van der Waals surface area contributed by atoms with Crippen molar-refractivity contribution in [3.05, 3.63) is 47.5 Å². The first-order valence-electron chi connectivity index (χ1n) is 9.54. The predicted octanol–water partition coefficient (Wildman–Crippen LogP) is 1.21. The highest BCUT2D eigenvalue weighted by molar-refractivity contribution is 5.94. The first kappa shape index (κ1) is 18.5. The van der Waals surface area contributed by atoms with Crippen molar-refractivity contribution >= 4 is 11.8 Å². The Morgan fingerprint density at radius 2 is 2.00 bits per heavy atom. The molecule has 1 aromatic heterocycles. The summed E-state index contributed by atoms with van der Waals surface area (Å²) < 4.78 is 7.32. The molecule has 1 N–H and O–H groups in total. The number of morpholine rings is 1. The molecule has 8 nitrogen and oxygen atoms in total. The van der Waals surface area contributed by atoms with E-state index in [0.29, 0.717) is 45.0 Å². The van der Waals surface area contributed by atoms with Crippen LogP contribution >= 0.6 is 0 Å². The minimum Gasteiger partial charge on any atom is -0.508 e. The fourth-order valence-corrected chi connectivity index (χ4v) is 3.79. The molecule has 2 aromatic rings. The number of carbonyl (C=O) groups is 2. The Kier molecular flexibility index (Phi) is 5.04. The van der Waals surface area contributed by atoms with Crippen LogP contribution in [0.15, 0.2) is 30.5 Å². The van der Waals surface area contributed by atoms with E-state index in [0.717, 1.165) is 11.5 Å². The molecule has 1 unspecified atom stereocenters. The van der Waals surface area contributed by atoms with Gasteiger partial charge in [0.25, 0.3) is 5.91 Å². The van der Waals surface area contributed by atoms with Crippen molar-refractivity contribution < 1.29 is 19.4 Å². The number of aromatic nitrogens is 2. The largest absolute Gasteiger partial charge is 0.508 e. The Hall–Kier alpha value is -2.87. The quantitative estimate of drug-likeness (QED) is 0.859. The number of amides is 2. The van der Waals surface area contributed by atoms with Crippen molar-refractivity contribution in [1.29, 1.82) is 0 Å². The van der Waals surface area contributed by atoms with Gasteiger partial charge in [-0.1, -0.05) is 6.07 Å². The van der Waals surface area contributed by atoms with E-state index >= 15 is 0 Å². The van der Waals surface area contributed by atoms with Crippen LogP contribution in [0, 0.1) is 0 Å². The minimum atomic E-state index is -0.212. The molecule has 0 radical (unpaired) electrons. The van der Waals surface area contributed by atoms with Crippen LogP contribution in [0.3, 0.4) is 0 Å². The standard InChI is InChI=1S/C20H24N4O4/c1-14-19-21-16(12-18(26)22-7-9-28-10-8-22)13-23(19)5-6-24(14)20(27)15-3-2-4-17(25)11-15/h2-4,11,13-14,25H,5-10,12H2,1H3. The summed E-state index contributed by atoms with van der Waals surface area (Å²) >= 11 is 0. The number of phenolic OH excluding ortho intramolecular Hbond substituents is 1. The third-order valence-electron chi connectivity index (χ3n) is 5.33. The zero-order chi connectivity index (χ0) is 19.7. The zero-order valence-electron chi connectivity index (χ0n) is 15.9. The molecule has 1 atom stereocenters. The summed E-state index contributed by atoms with van der Waals surface area (Å²) in [5.74, 6) is 0.771. The molecule has 2 amide bonds. The molecule has 28 heavy (non-hydrogen) atoms. The molecule has 148 valence electrons. The lowest BCUT2D eigenvalue weighted by molar-refractivity contribution is -0.134. The highest BCUT2D eigenvalue weighted by atomic mass is 16.5. The monoisotopic (exact) mass is 384 g/mol. The van der Waals surface area contributed by atoms with Crippen molar-refractivity contribution in [1.82, 2.24) is 19.4 Å². The average molecular weight is 384 g/mol. The van der Waals surface area contributed by atoms with Crippen LogP contribution in [0.1, 0.15) is 34.8 Å². The van der Waals surface area contributed by atoms with Crippen molar-refractivity contribution in [2.24, 2.45) is 0 Å². The van der Waals surface area contributed by atoms with Gasteiger partial charge >= 0.3 is 0 Å². The van der Waals surface area contributed by atoms with Crippen LogP contribution in [0.5, 0.6) is 5.75 Å². The molecule has 0 spiro atoms. The van der Waals surface area contributed by atoms with Crippen molar-refractivity contribution in [2.45, 2.75) is 25.9 Å². The van der Waals surface area contributed by atoms with Gasteiger partial charge in [0.1, 0.15) is 11.6 Å². The van der Waals surface area contributed by atoms with Crippen molar-refractivity contribution in [3.63, 3.8) is 0 Å². The number of hydrogen-bond acceptors (Lipinski definition) is 5. The Morgan fingerprint density at radius 3 is 2.75 bits per heavy atom. The fraction of sp³-hybridized carbons (Fsp3) is 0.450. The molecule has 4 rings (SSSR count). The lowest BCUT2D eigenvalue weighted by Crippen LogP contribution is -2.41. The highest BCUT2D eigenvalue weighted by Gasteiger charge is 2.31. The van der Waals surface area contributed by atoms with Crippen LogP contribution < -0.4 is 0 Å². The number of aromatic hydroxyl groups is 1. The van der Waals surface area contributed by atoms with Gasteiger partial charge in [-0.05, 0) is 25.1 Å². The Labute approximate surface area is 163 Å². The molecule has 1 saturated heterocycles. The van der Waals surface area contributed by atoms with Gasteiger partial charge in [-0.3, -0.25) is 9.59 Å². The molecule has 8 heteroatoms. The van der Waals surface area contributed by atoms with E-state index in [1.54, 1.807) is 23.1 Å². The van der Waals surface area contributed by atoms with Crippen molar-refractivity contribution in [3.8, 4) is 5.75 Å². The van der Waals surface area contributed by atoms with Gasteiger partial charge in [-0.15, -0.1) is 0 Å². The normalized spacial score (nSPS) is 19.4. The SMILES string of the molecule is CC1c2nc(CC(=O)N3CCOCC3)cn2CCN1C(=O)c1cccc(O)c1. The number of benzene rings is 1. The Balaban J connectivity index is 1.48. The third kappa shape index (κ3) is 3.60. The zero-order valence-corrected chi connectivity index (χ0v) is 15.9. The van der Waals surface area contributed by atoms with Gasteiger partial charge in [-0.2, -0.15) is 0 Å². The second-order valence-corrected chi connectivity index (χ2v) is 7.18. The van der Waals surface area contributed by atoms with E-state index in [9.17, 15) is 14.7 Å². The summed E-state index contributed by atoms with van der Waals surface area (Å²) in [7, 11) is 0. The van der Waals surface area contributed by atoms with E-state index in [1.165, 1.54) is 6.07 Å². The number of carbonyl (C=O) groups excluding carboxylic acids is 2. The molecule has 3 heterocycles. The van der Waals surface area contributed by atoms with Crippen LogP contribution in [-0.2, 0) is 22.5 Å². The Bertz CT molecular complexity index is 888. The van der Waals surface area contributed by atoms with Gasteiger partial charge < -0.3 is 24.2 Å². The number of nitrogens with zero attached hydrogens (tertiary/aromatic N) is 4. The van der Waals surface area contributed by atoms with Gasteiger partial charge in [0.2, 0.25) is 5.91 Å². The molecule has 0 aliphatic carbocycles. The topological polar surface area (TPSA) is 87.9 Å². The number of rotatable bonds is 3. The summed E-state index contributed by atoms with van der Waals surface area (Å²) in [6.07, 6.45) is 2.17. The molecule has 1 aromatic carbocycles. The molecule has 0 bridgehead atoms. The maximum Gasteiger partial charge on any atom is 0.254 e. The number of hydrogen-bond donors (Lipinski definition) is 1. The van der Waals surface area contributed by atoms with Gasteiger partial charge in [0.05, 0.1) is 31.4 Å². The summed E-state index contributed by atoms with van der Waals surface area (Å²) in [6, 6.07) is 6.16. The second-order valence-electron chi connectivity index (χ2n) is 7.18. The summed E-state index contributed by atoms with van der Waals surface area (Å²) in [5, 5.41) is 9.65. The van der Waals surface area contributed by atoms with Gasteiger partial charge in [0.15, 0.2) is 0 Å². The molecule has 2 aliphatic heterocycles. The summed E-state index contributed by atoms with van der Waals surface area (Å²) in [5.41, 5.74) is 1.18. The molecular formula is C20H24N4O4. The van der Waals surface area contributed by atoms with E-state index in [4.69, 9.17) is 4.74 Å². The average Bonchev–Trinajstić information content (AvgIpc) is 3.12. The third-order valence-corrected chi connectivity index (χ3v) is 5.33. The lowest BCUT2D eigenvalue weighted by atomic mass is 10.1. The first-order chi connectivity index (χ1) is 13.5. The highest BCUT2D eigenvalue weighted by Crippen LogP contribution is 2.27. The maximum absolute atomic E-state index is 12.9. The van der Waals surface area contributed by atoms with Gasteiger partial charge in [0, 0.05) is 37.9 Å². The number of imidazole rings is 1. The van der Waals surface area contributed by atoms with Gasteiger partial charge in [-0.25, -0.2) is 4.98 Å². The van der Waals surface area contributed by atoms with Crippen molar-refractivity contribution in [2.75, 3.05) is 32.8 Å². The molecule has 0 saturated carbocycles. The second kappa shape index (κ2) is 7.63. The minimum absolute atomic E-state index is 0.0547. The molecule has 2 aliphatic rings. The van der Waals surface area contributed by atoms with E-state index in [2.05, 4.69) is 4.98 Å². The molecular weight excluding hydrogens is 360 g/mol. The van der Waals surface area contributed by atoms with E-state index < -0.39 is 0 Å². The molecule has 1 fully saturated rings. The smallest absolute Gasteiger partial charge is 0.254 e. The maximum atomic E-state index is 12.9. The van der Waals surface area contributed by atoms with Crippen LogP contribution in [0.2, 0.25) is 0 Å². The van der Waals surface area contributed by atoms with E-state index in [-0.39, 0.29) is 30.0 Å². The van der Waals surface area contributed by atoms with E-state index in [1.807, 2.05) is 22.6 Å². The van der Waals surface area contributed by atoms with Crippen LogP contribution in [0.4, 0.5) is 0 Å². The first-order valence-corrected chi connectivity index (χ1v) is 9.54. The predicted molar refractivity (Wildman–Crippen MR) is 101 cm³/mol. The summed E-state index contributed by atoms with van der Waals surface area (Å²) in [4.78, 5) is 33.6.